The minimum absolute atomic E-state index is 0.621. The first-order valence-electron chi connectivity index (χ1n) is 9.40. The van der Waals surface area contributed by atoms with Crippen LogP contribution in [0.5, 0.6) is 5.75 Å². The summed E-state index contributed by atoms with van der Waals surface area (Å²) < 4.78 is 9.45. The molecule has 0 atom stereocenters. The Balaban J connectivity index is 1.71. The fourth-order valence-corrected chi connectivity index (χ4v) is 3.74. The van der Waals surface area contributed by atoms with Gasteiger partial charge in [-0.2, -0.15) is 0 Å². The molecule has 0 aliphatic carbocycles. The minimum Gasteiger partial charge on any atom is -0.496 e. The molecule has 29 heavy (non-hydrogen) atoms. The largest absolute Gasteiger partial charge is 0.496 e. The van der Waals surface area contributed by atoms with E-state index in [2.05, 4.69) is 28.5 Å². The Hall–Kier alpha value is -3.74. The molecular weight excluding hydrogens is 364 g/mol. The summed E-state index contributed by atoms with van der Waals surface area (Å²) in [6, 6.07) is 11.8. The van der Waals surface area contributed by atoms with Crippen LogP contribution in [0.25, 0.3) is 28.1 Å². The third-order valence-corrected chi connectivity index (χ3v) is 5.38. The summed E-state index contributed by atoms with van der Waals surface area (Å²) in [7, 11) is 1.65. The van der Waals surface area contributed by atoms with E-state index in [0.717, 1.165) is 40.1 Å². The molecule has 0 saturated carbocycles. The molecule has 0 bridgehead atoms. The van der Waals surface area contributed by atoms with Crippen LogP contribution in [0.3, 0.4) is 0 Å². The monoisotopic (exact) mass is 384 g/mol. The molecule has 144 valence electrons. The number of aromatic nitrogens is 6. The Morgan fingerprint density at radius 1 is 1.00 bits per heavy atom. The summed E-state index contributed by atoms with van der Waals surface area (Å²) in [6.45, 7) is 4.96. The van der Waals surface area contributed by atoms with Crippen LogP contribution in [0, 0.1) is 13.8 Å². The van der Waals surface area contributed by atoms with Crippen LogP contribution >= 0.6 is 0 Å². The van der Waals surface area contributed by atoms with Gasteiger partial charge >= 0.3 is 0 Å². The van der Waals surface area contributed by atoms with Crippen LogP contribution < -0.4 is 4.74 Å². The van der Waals surface area contributed by atoms with E-state index in [-0.39, 0.29) is 0 Å². The zero-order valence-corrected chi connectivity index (χ0v) is 16.5. The smallest absolute Gasteiger partial charge is 0.185 e. The quantitative estimate of drug-likeness (QED) is 0.471. The lowest BCUT2D eigenvalue weighted by Crippen LogP contribution is -2.03. The van der Waals surface area contributed by atoms with Crippen LogP contribution in [-0.2, 0) is 6.54 Å². The zero-order chi connectivity index (χ0) is 20.0. The number of hydrogen-bond donors (Lipinski definition) is 0. The average molecular weight is 384 g/mol. The second-order valence-electron chi connectivity index (χ2n) is 7.00. The zero-order valence-electron chi connectivity index (χ0n) is 16.5. The minimum atomic E-state index is 0.621. The molecule has 4 aromatic heterocycles. The van der Waals surface area contributed by atoms with Crippen LogP contribution in [0.2, 0.25) is 0 Å². The van der Waals surface area contributed by atoms with Crippen molar-refractivity contribution in [1.82, 2.24) is 29.1 Å². The number of benzene rings is 1. The lowest BCUT2D eigenvalue weighted by molar-refractivity contribution is 0.416. The molecule has 0 fully saturated rings. The highest BCUT2D eigenvalue weighted by atomic mass is 16.5. The fourth-order valence-electron chi connectivity index (χ4n) is 3.74. The van der Waals surface area contributed by atoms with Crippen molar-refractivity contribution in [3.8, 4) is 17.1 Å². The standard InChI is InChI=1S/C22H20N6O/c1-14-15(2)27(12-16-8-10-23-11-9-16)21-19(14)22-25-20(26-28(22)13-24-21)17-6-4-5-7-18(17)29-3/h4-11,13H,12H2,1-3H3. The molecule has 0 aliphatic rings. The Kier molecular flexibility index (Phi) is 4.01. The molecule has 0 amide bonds. The van der Waals surface area contributed by atoms with E-state index in [1.54, 1.807) is 18.0 Å². The van der Waals surface area contributed by atoms with Crippen molar-refractivity contribution in [1.29, 1.82) is 0 Å². The van der Waals surface area contributed by atoms with Crippen LogP contribution in [0.1, 0.15) is 16.8 Å². The molecule has 0 spiro atoms. The molecule has 0 radical (unpaired) electrons. The third-order valence-electron chi connectivity index (χ3n) is 5.38. The number of rotatable bonds is 4. The maximum absolute atomic E-state index is 5.48. The normalized spacial score (nSPS) is 11.4. The van der Waals surface area contributed by atoms with Gasteiger partial charge in [-0.1, -0.05) is 12.1 Å². The number of para-hydroxylation sites is 1. The summed E-state index contributed by atoms with van der Waals surface area (Å²) in [5, 5.41) is 5.67. The van der Waals surface area contributed by atoms with Gasteiger partial charge in [0.2, 0.25) is 0 Å². The van der Waals surface area contributed by atoms with Gasteiger partial charge in [0.15, 0.2) is 11.5 Å². The number of hydrogen-bond acceptors (Lipinski definition) is 5. The van der Waals surface area contributed by atoms with Gasteiger partial charge in [0, 0.05) is 24.6 Å². The van der Waals surface area contributed by atoms with Gasteiger partial charge in [-0.3, -0.25) is 4.98 Å². The van der Waals surface area contributed by atoms with Crippen LogP contribution in [-0.4, -0.2) is 36.2 Å². The predicted octanol–water partition coefficient (Wildman–Crippen LogP) is 3.81. The first-order chi connectivity index (χ1) is 14.2. The van der Waals surface area contributed by atoms with Crippen molar-refractivity contribution in [2.75, 3.05) is 7.11 Å². The van der Waals surface area contributed by atoms with Crippen molar-refractivity contribution < 1.29 is 4.74 Å². The van der Waals surface area contributed by atoms with Crippen molar-refractivity contribution in [2.24, 2.45) is 0 Å². The SMILES string of the molecule is COc1ccccc1-c1nc2c3c(C)c(C)n(Cc4ccncc4)c3ncn2n1. The molecule has 1 aromatic carbocycles. The van der Waals surface area contributed by atoms with Gasteiger partial charge in [-0.05, 0) is 49.2 Å². The Morgan fingerprint density at radius 3 is 2.59 bits per heavy atom. The van der Waals surface area contributed by atoms with Crippen molar-refractivity contribution in [3.63, 3.8) is 0 Å². The number of nitrogens with zero attached hydrogens (tertiary/aromatic N) is 6. The van der Waals surface area contributed by atoms with Gasteiger partial charge in [0.05, 0.1) is 18.1 Å². The van der Waals surface area contributed by atoms with Crippen LogP contribution in [0.4, 0.5) is 0 Å². The molecule has 0 saturated heterocycles. The van der Waals surface area contributed by atoms with Gasteiger partial charge in [0.1, 0.15) is 17.7 Å². The summed E-state index contributed by atoms with van der Waals surface area (Å²) in [6.07, 6.45) is 5.35. The first-order valence-corrected chi connectivity index (χ1v) is 9.40. The Bertz CT molecular complexity index is 1340. The molecule has 7 nitrogen and oxygen atoms in total. The maximum atomic E-state index is 5.48. The van der Waals surface area contributed by atoms with E-state index >= 15 is 0 Å². The topological polar surface area (TPSA) is 70.1 Å². The lowest BCUT2D eigenvalue weighted by atomic mass is 10.2. The molecule has 0 unspecified atom stereocenters. The number of pyridine rings is 1. The third kappa shape index (κ3) is 2.74. The molecule has 0 N–H and O–H groups in total. The first kappa shape index (κ1) is 17.4. The van der Waals surface area contributed by atoms with Crippen molar-refractivity contribution >= 4 is 16.7 Å². The molecule has 5 aromatic rings. The van der Waals surface area contributed by atoms with Gasteiger partial charge in [-0.25, -0.2) is 14.5 Å². The molecule has 0 aliphatic heterocycles. The molecule has 7 heteroatoms. The van der Waals surface area contributed by atoms with Gasteiger partial charge in [-0.15, -0.1) is 5.10 Å². The summed E-state index contributed by atoms with van der Waals surface area (Å²) in [5.74, 6) is 1.37. The molecule has 5 rings (SSSR count). The maximum Gasteiger partial charge on any atom is 0.185 e. The second-order valence-corrected chi connectivity index (χ2v) is 7.00. The van der Waals surface area contributed by atoms with E-state index in [0.29, 0.717) is 5.82 Å². The molecular formula is C22H20N6O. The van der Waals surface area contributed by atoms with Gasteiger partial charge in [0.25, 0.3) is 0 Å². The van der Waals surface area contributed by atoms with Crippen molar-refractivity contribution in [3.05, 3.63) is 71.9 Å². The van der Waals surface area contributed by atoms with Crippen LogP contribution in [0.15, 0.2) is 55.1 Å². The van der Waals surface area contributed by atoms with E-state index in [9.17, 15) is 0 Å². The highest BCUT2D eigenvalue weighted by molar-refractivity contribution is 5.94. The van der Waals surface area contributed by atoms with E-state index < -0.39 is 0 Å². The van der Waals surface area contributed by atoms with E-state index in [1.165, 1.54) is 11.3 Å². The number of aryl methyl sites for hydroxylation is 1. The summed E-state index contributed by atoms with van der Waals surface area (Å²) in [5.41, 5.74) is 6.06. The fraction of sp³-hybridized carbons (Fsp3) is 0.182. The second kappa shape index (κ2) is 6.70. The lowest BCUT2D eigenvalue weighted by Gasteiger charge is -2.07. The predicted molar refractivity (Wildman–Crippen MR) is 111 cm³/mol. The number of fused-ring (bicyclic) bond motifs is 3. The summed E-state index contributed by atoms with van der Waals surface area (Å²) in [4.78, 5) is 13.7. The number of methoxy groups -OCH3 is 1. The summed E-state index contributed by atoms with van der Waals surface area (Å²) >= 11 is 0. The Morgan fingerprint density at radius 2 is 1.79 bits per heavy atom. The highest BCUT2D eigenvalue weighted by Crippen LogP contribution is 2.31. The van der Waals surface area contributed by atoms with E-state index in [1.807, 2.05) is 48.8 Å². The average Bonchev–Trinajstić information content (AvgIpc) is 3.29. The van der Waals surface area contributed by atoms with E-state index in [4.69, 9.17) is 14.7 Å². The highest BCUT2D eigenvalue weighted by Gasteiger charge is 2.19. The van der Waals surface area contributed by atoms with Crippen molar-refractivity contribution in [2.45, 2.75) is 20.4 Å². The number of ether oxygens (including phenoxy) is 1. The van der Waals surface area contributed by atoms with Gasteiger partial charge < -0.3 is 9.30 Å². The Labute approximate surface area is 167 Å². The molecule has 4 heterocycles.